The number of benzene rings is 1. The molecular weight excluding hydrogens is 219 g/mol. The monoisotopic (exact) mass is 232 g/mol. The molecule has 0 aliphatic carbocycles. The molecule has 1 heterocycles. The molecule has 0 saturated heterocycles. The second-order valence-corrected chi connectivity index (χ2v) is 4.06. The van der Waals surface area contributed by atoms with Gasteiger partial charge in [0.05, 0.1) is 5.56 Å². The van der Waals surface area contributed by atoms with E-state index >= 15 is 0 Å². The minimum Gasteiger partial charge on any atom is -0.466 e. The van der Waals surface area contributed by atoms with E-state index in [-0.39, 0.29) is 18.0 Å². The van der Waals surface area contributed by atoms with Crippen molar-refractivity contribution in [2.24, 2.45) is 0 Å². The third kappa shape index (κ3) is 2.61. The third-order valence-electron chi connectivity index (χ3n) is 2.60. The zero-order valence-electron chi connectivity index (χ0n) is 9.79. The first kappa shape index (κ1) is 11.6. The molecule has 0 radical (unpaired) electrons. The smallest absolute Gasteiger partial charge is 0.170 e. The Bertz CT molecular complexity index is 555. The SMILES string of the molecule is Cc1cc(C(=O)Cc2cccc(F)c2)c(C)o1. The summed E-state index contributed by atoms with van der Waals surface area (Å²) in [6.45, 7) is 3.55. The fraction of sp³-hybridized carbons (Fsp3) is 0.214. The van der Waals surface area contributed by atoms with E-state index in [0.717, 1.165) is 0 Å². The van der Waals surface area contributed by atoms with Crippen molar-refractivity contribution in [2.75, 3.05) is 0 Å². The van der Waals surface area contributed by atoms with Crippen molar-refractivity contribution in [3.63, 3.8) is 0 Å². The van der Waals surface area contributed by atoms with Crippen LogP contribution in [0.25, 0.3) is 0 Å². The molecule has 17 heavy (non-hydrogen) atoms. The molecule has 2 nitrogen and oxygen atoms in total. The Morgan fingerprint density at radius 2 is 2.06 bits per heavy atom. The molecule has 1 aromatic carbocycles. The first-order valence-electron chi connectivity index (χ1n) is 5.41. The summed E-state index contributed by atoms with van der Waals surface area (Å²) in [6, 6.07) is 7.80. The van der Waals surface area contributed by atoms with Crippen molar-refractivity contribution >= 4 is 5.78 Å². The molecule has 3 heteroatoms. The highest BCUT2D eigenvalue weighted by Gasteiger charge is 2.14. The molecule has 2 rings (SSSR count). The minimum atomic E-state index is -0.324. The minimum absolute atomic E-state index is 0.0510. The fourth-order valence-corrected chi connectivity index (χ4v) is 1.84. The Labute approximate surface area is 99.1 Å². The molecule has 0 amide bonds. The summed E-state index contributed by atoms with van der Waals surface area (Å²) in [5.41, 5.74) is 1.25. The van der Waals surface area contributed by atoms with Crippen molar-refractivity contribution in [2.45, 2.75) is 20.3 Å². The van der Waals surface area contributed by atoms with E-state index < -0.39 is 0 Å². The van der Waals surface area contributed by atoms with Crippen molar-refractivity contribution in [1.29, 1.82) is 0 Å². The molecule has 0 unspecified atom stereocenters. The van der Waals surface area contributed by atoms with E-state index in [1.54, 1.807) is 32.0 Å². The molecule has 0 spiro atoms. The summed E-state index contributed by atoms with van der Waals surface area (Å²) in [7, 11) is 0. The van der Waals surface area contributed by atoms with E-state index in [2.05, 4.69) is 0 Å². The summed E-state index contributed by atoms with van der Waals surface area (Å²) in [6.07, 6.45) is 0.192. The molecule has 0 fully saturated rings. The van der Waals surface area contributed by atoms with Gasteiger partial charge in [-0.2, -0.15) is 0 Å². The van der Waals surface area contributed by atoms with E-state index in [1.807, 2.05) is 0 Å². The molecule has 88 valence electrons. The molecule has 0 N–H and O–H groups in total. The van der Waals surface area contributed by atoms with Gasteiger partial charge in [-0.15, -0.1) is 0 Å². The van der Waals surface area contributed by atoms with Crippen LogP contribution in [0.1, 0.15) is 27.4 Å². The molecule has 2 aromatic rings. The van der Waals surface area contributed by atoms with Crippen LogP contribution in [0.3, 0.4) is 0 Å². The van der Waals surface area contributed by atoms with Crippen LogP contribution in [0.5, 0.6) is 0 Å². The average molecular weight is 232 g/mol. The average Bonchev–Trinajstić information content (AvgIpc) is 2.58. The zero-order chi connectivity index (χ0) is 12.4. The van der Waals surface area contributed by atoms with Gasteiger partial charge in [0, 0.05) is 6.42 Å². The first-order valence-corrected chi connectivity index (χ1v) is 5.41. The van der Waals surface area contributed by atoms with Crippen LogP contribution in [-0.2, 0) is 6.42 Å². The van der Waals surface area contributed by atoms with E-state index in [1.165, 1.54) is 12.1 Å². The van der Waals surface area contributed by atoms with Crippen molar-refractivity contribution in [3.8, 4) is 0 Å². The predicted octanol–water partition coefficient (Wildman–Crippen LogP) is 3.46. The number of Topliss-reactive ketones (excluding diaryl/α,β-unsaturated/α-hetero) is 1. The highest BCUT2D eigenvalue weighted by molar-refractivity contribution is 5.98. The largest absolute Gasteiger partial charge is 0.466 e. The second-order valence-electron chi connectivity index (χ2n) is 4.06. The number of carbonyl (C=O) groups is 1. The van der Waals surface area contributed by atoms with Gasteiger partial charge in [0.25, 0.3) is 0 Å². The molecular formula is C14H13FO2. The Morgan fingerprint density at radius 1 is 1.29 bits per heavy atom. The van der Waals surface area contributed by atoms with Gasteiger partial charge in [-0.1, -0.05) is 12.1 Å². The number of hydrogen-bond acceptors (Lipinski definition) is 2. The summed E-state index contributed by atoms with van der Waals surface area (Å²) in [4.78, 5) is 12.0. The van der Waals surface area contributed by atoms with Crippen LogP contribution in [0.2, 0.25) is 0 Å². The number of carbonyl (C=O) groups excluding carboxylic acids is 1. The van der Waals surface area contributed by atoms with Gasteiger partial charge in [-0.3, -0.25) is 4.79 Å². The summed E-state index contributed by atoms with van der Waals surface area (Å²) >= 11 is 0. The van der Waals surface area contributed by atoms with Gasteiger partial charge in [0.1, 0.15) is 17.3 Å². The second kappa shape index (κ2) is 4.53. The molecule has 0 atom stereocenters. The van der Waals surface area contributed by atoms with Crippen LogP contribution < -0.4 is 0 Å². The number of hydrogen-bond donors (Lipinski definition) is 0. The van der Waals surface area contributed by atoms with Gasteiger partial charge in [0.15, 0.2) is 5.78 Å². The molecule has 0 aliphatic rings. The van der Waals surface area contributed by atoms with Crippen LogP contribution in [0.15, 0.2) is 34.7 Å². The maximum absolute atomic E-state index is 13.0. The van der Waals surface area contributed by atoms with Crippen molar-refractivity contribution in [1.82, 2.24) is 0 Å². The lowest BCUT2D eigenvalue weighted by Crippen LogP contribution is -2.03. The normalized spacial score (nSPS) is 10.5. The van der Waals surface area contributed by atoms with Crippen LogP contribution in [0.4, 0.5) is 4.39 Å². The summed E-state index contributed by atoms with van der Waals surface area (Å²) < 4.78 is 18.3. The lowest BCUT2D eigenvalue weighted by atomic mass is 10.0. The van der Waals surface area contributed by atoms with Crippen LogP contribution in [0, 0.1) is 19.7 Å². The summed E-state index contributed by atoms with van der Waals surface area (Å²) in [5, 5.41) is 0. The van der Waals surface area contributed by atoms with Gasteiger partial charge in [-0.05, 0) is 37.6 Å². The third-order valence-corrected chi connectivity index (χ3v) is 2.60. The molecule has 0 saturated carbocycles. The topological polar surface area (TPSA) is 30.2 Å². The van der Waals surface area contributed by atoms with Gasteiger partial charge >= 0.3 is 0 Å². The summed E-state index contributed by atoms with van der Waals surface area (Å²) in [5.74, 6) is 0.953. The number of halogens is 1. The van der Waals surface area contributed by atoms with Crippen molar-refractivity contribution in [3.05, 3.63) is 58.8 Å². The fourth-order valence-electron chi connectivity index (χ4n) is 1.84. The lowest BCUT2D eigenvalue weighted by Gasteiger charge is -2.00. The number of aryl methyl sites for hydroxylation is 2. The van der Waals surface area contributed by atoms with E-state index in [0.29, 0.717) is 22.6 Å². The highest BCUT2D eigenvalue weighted by Crippen LogP contribution is 2.16. The van der Waals surface area contributed by atoms with Crippen LogP contribution in [-0.4, -0.2) is 5.78 Å². The van der Waals surface area contributed by atoms with Gasteiger partial charge in [0.2, 0.25) is 0 Å². The van der Waals surface area contributed by atoms with E-state index in [9.17, 15) is 9.18 Å². The maximum atomic E-state index is 13.0. The molecule has 0 aliphatic heterocycles. The quantitative estimate of drug-likeness (QED) is 0.758. The number of rotatable bonds is 3. The molecule has 1 aromatic heterocycles. The number of ketones is 1. The maximum Gasteiger partial charge on any atom is 0.170 e. The van der Waals surface area contributed by atoms with E-state index in [4.69, 9.17) is 4.42 Å². The molecule has 0 bridgehead atoms. The standard InChI is InChI=1S/C14H13FO2/c1-9-6-13(10(2)17-9)14(16)8-11-4-3-5-12(15)7-11/h3-7H,8H2,1-2H3. The highest BCUT2D eigenvalue weighted by atomic mass is 19.1. The Hall–Kier alpha value is -1.90. The predicted molar refractivity (Wildman–Crippen MR) is 62.6 cm³/mol. The van der Waals surface area contributed by atoms with Crippen LogP contribution >= 0.6 is 0 Å². The number of furan rings is 1. The van der Waals surface area contributed by atoms with Crippen molar-refractivity contribution < 1.29 is 13.6 Å². The Kier molecular flexibility index (Phi) is 3.09. The van der Waals surface area contributed by atoms with Gasteiger partial charge in [-0.25, -0.2) is 4.39 Å². The first-order chi connectivity index (χ1) is 8.06. The Morgan fingerprint density at radius 3 is 2.65 bits per heavy atom. The Balaban J connectivity index is 2.20. The van der Waals surface area contributed by atoms with Gasteiger partial charge < -0.3 is 4.42 Å². The lowest BCUT2D eigenvalue weighted by molar-refractivity contribution is 0.0991. The zero-order valence-corrected chi connectivity index (χ0v) is 9.79.